The van der Waals surface area contributed by atoms with Crippen LogP contribution in [0.1, 0.15) is 15.9 Å². The molecule has 0 fully saturated rings. The van der Waals surface area contributed by atoms with Gasteiger partial charge in [0.1, 0.15) is 5.75 Å². The van der Waals surface area contributed by atoms with Crippen molar-refractivity contribution in [2.24, 2.45) is 0 Å². The lowest BCUT2D eigenvalue weighted by molar-refractivity contribution is 0.0734. The maximum atomic E-state index is 12.2. The Morgan fingerprint density at radius 2 is 1.83 bits per heavy atom. The van der Waals surface area contributed by atoms with E-state index in [9.17, 15) is 13.2 Å². The van der Waals surface area contributed by atoms with Crippen molar-refractivity contribution in [3.8, 4) is 11.8 Å². The first-order valence-electron chi connectivity index (χ1n) is 7.05. The number of rotatable bonds is 5. The SMILES string of the molecule is CN(C)S(=O)(=O)c1cccc(C(=O)Oc2ccc(CC#N)cc2)c1. The van der Waals surface area contributed by atoms with Gasteiger partial charge < -0.3 is 4.74 Å². The highest BCUT2D eigenvalue weighted by Gasteiger charge is 2.19. The van der Waals surface area contributed by atoms with Gasteiger partial charge in [-0.2, -0.15) is 5.26 Å². The molecule has 2 aromatic carbocycles. The molecule has 2 aromatic rings. The number of carbonyl (C=O) groups is 1. The van der Waals surface area contributed by atoms with Crippen LogP contribution in [0, 0.1) is 11.3 Å². The number of nitrogens with zero attached hydrogens (tertiary/aromatic N) is 2. The van der Waals surface area contributed by atoms with Crippen LogP contribution in [0.15, 0.2) is 53.4 Å². The van der Waals surface area contributed by atoms with Crippen molar-refractivity contribution >= 4 is 16.0 Å². The van der Waals surface area contributed by atoms with Gasteiger partial charge in [0, 0.05) is 14.1 Å². The molecule has 2 rings (SSSR count). The molecule has 0 aromatic heterocycles. The zero-order valence-corrected chi connectivity index (χ0v) is 14.1. The van der Waals surface area contributed by atoms with E-state index in [-0.39, 0.29) is 16.9 Å². The number of sulfonamides is 1. The van der Waals surface area contributed by atoms with Gasteiger partial charge in [0.25, 0.3) is 0 Å². The molecule has 7 heteroatoms. The van der Waals surface area contributed by atoms with E-state index in [1.54, 1.807) is 24.3 Å². The maximum absolute atomic E-state index is 12.2. The highest BCUT2D eigenvalue weighted by molar-refractivity contribution is 7.89. The number of carbonyl (C=O) groups excluding carboxylic acids is 1. The van der Waals surface area contributed by atoms with Crippen LogP contribution in [0.4, 0.5) is 0 Å². The fourth-order valence-corrected chi connectivity index (χ4v) is 2.88. The Balaban J connectivity index is 2.20. The van der Waals surface area contributed by atoms with Gasteiger partial charge >= 0.3 is 5.97 Å². The van der Waals surface area contributed by atoms with E-state index >= 15 is 0 Å². The van der Waals surface area contributed by atoms with Crippen LogP contribution < -0.4 is 4.74 Å². The molecule has 0 heterocycles. The Labute approximate surface area is 141 Å². The topological polar surface area (TPSA) is 87.5 Å². The predicted octanol–water partition coefficient (Wildman–Crippen LogP) is 2.22. The first-order chi connectivity index (χ1) is 11.3. The molecule has 0 unspecified atom stereocenters. The van der Waals surface area contributed by atoms with Crippen molar-refractivity contribution in [2.75, 3.05) is 14.1 Å². The number of hydrogen-bond acceptors (Lipinski definition) is 5. The number of ether oxygens (including phenoxy) is 1. The molecule has 0 saturated heterocycles. The van der Waals surface area contributed by atoms with Crippen molar-refractivity contribution in [1.82, 2.24) is 4.31 Å². The summed E-state index contributed by atoms with van der Waals surface area (Å²) in [6, 6.07) is 14.3. The number of nitriles is 1. The van der Waals surface area contributed by atoms with Crippen LogP contribution in [0.3, 0.4) is 0 Å². The zero-order valence-electron chi connectivity index (χ0n) is 13.3. The van der Waals surface area contributed by atoms with Crippen LogP contribution in [-0.2, 0) is 16.4 Å². The van der Waals surface area contributed by atoms with E-state index in [0.29, 0.717) is 5.75 Å². The molecular formula is C17H16N2O4S. The molecule has 0 amide bonds. The second kappa shape index (κ2) is 7.25. The lowest BCUT2D eigenvalue weighted by Gasteiger charge is -2.12. The lowest BCUT2D eigenvalue weighted by Crippen LogP contribution is -2.22. The van der Waals surface area contributed by atoms with E-state index in [0.717, 1.165) is 9.87 Å². The van der Waals surface area contributed by atoms with Crippen LogP contribution in [0.5, 0.6) is 5.75 Å². The van der Waals surface area contributed by atoms with Crippen molar-refractivity contribution in [3.63, 3.8) is 0 Å². The number of benzene rings is 2. The fourth-order valence-electron chi connectivity index (χ4n) is 1.93. The lowest BCUT2D eigenvalue weighted by atomic mass is 10.1. The van der Waals surface area contributed by atoms with Crippen LogP contribution in [0.2, 0.25) is 0 Å². The molecule has 0 aliphatic heterocycles. The quantitative estimate of drug-likeness (QED) is 0.613. The van der Waals surface area contributed by atoms with E-state index in [2.05, 4.69) is 0 Å². The molecule has 0 bridgehead atoms. The molecular weight excluding hydrogens is 328 g/mol. The van der Waals surface area contributed by atoms with Gasteiger partial charge in [0.15, 0.2) is 0 Å². The second-order valence-electron chi connectivity index (χ2n) is 5.18. The largest absolute Gasteiger partial charge is 0.423 e. The molecule has 0 atom stereocenters. The van der Waals surface area contributed by atoms with Gasteiger partial charge in [-0.25, -0.2) is 17.5 Å². The Bertz CT molecular complexity index is 882. The monoisotopic (exact) mass is 344 g/mol. The van der Waals surface area contributed by atoms with Crippen molar-refractivity contribution in [3.05, 3.63) is 59.7 Å². The van der Waals surface area contributed by atoms with Crippen molar-refractivity contribution in [2.45, 2.75) is 11.3 Å². The Kier molecular flexibility index (Phi) is 5.34. The summed E-state index contributed by atoms with van der Waals surface area (Å²) >= 11 is 0. The molecule has 0 aliphatic carbocycles. The minimum Gasteiger partial charge on any atom is -0.423 e. The summed E-state index contributed by atoms with van der Waals surface area (Å²) in [5.41, 5.74) is 0.954. The van der Waals surface area contributed by atoms with Gasteiger partial charge in [0.05, 0.1) is 22.9 Å². The summed E-state index contributed by atoms with van der Waals surface area (Å²) in [5, 5.41) is 8.63. The Hall–Kier alpha value is -2.69. The third kappa shape index (κ3) is 3.98. The predicted molar refractivity (Wildman–Crippen MR) is 88.0 cm³/mol. The zero-order chi connectivity index (χ0) is 17.7. The fraction of sp³-hybridized carbons (Fsp3) is 0.176. The number of hydrogen-bond donors (Lipinski definition) is 0. The molecule has 124 valence electrons. The van der Waals surface area contributed by atoms with E-state index < -0.39 is 16.0 Å². The van der Waals surface area contributed by atoms with Gasteiger partial charge in [-0.3, -0.25) is 0 Å². The number of esters is 1. The highest BCUT2D eigenvalue weighted by Crippen LogP contribution is 2.18. The molecule has 0 N–H and O–H groups in total. The molecule has 0 radical (unpaired) electrons. The Morgan fingerprint density at radius 3 is 2.42 bits per heavy atom. The summed E-state index contributed by atoms with van der Waals surface area (Å²) in [5.74, 6) is -0.332. The smallest absolute Gasteiger partial charge is 0.343 e. The molecule has 24 heavy (non-hydrogen) atoms. The minimum absolute atomic E-state index is 0.0197. The molecule has 0 spiro atoms. The summed E-state index contributed by atoms with van der Waals surface area (Å²) in [7, 11) is -0.783. The van der Waals surface area contributed by atoms with Gasteiger partial charge in [-0.15, -0.1) is 0 Å². The minimum atomic E-state index is -3.62. The first kappa shape index (κ1) is 17.7. The van der Waals surface area contributed by atoms with Crippen molar-refractivity contribution in [1.29, 1.82) is 5.26 Å². The maximum Gasteiger partial charge on any atom is 0.343 e. The normalized spacial score (nSPS) is 11.1. The second-order valence-corrected chi connectivity index (χ2v) is 7.34. The molecule has 0 aliphatic rings. The summed E-state index contributed by atoms with van der Waals surface area (Å²) in [4.78, 5) is 12.2. The van der Waals surface area contributed by atoms with Crippen LogP contribution >= 0.6 is 0 Å². The van der Waals surface area contributed by atoms with E-state index in [1.165, 1.54) is 38.4 Å². The summed E-state index contributed by atoms with van der Waals surface area (Å²) in [6.07, 6.45) is 0.276. The standard InChI is InChI=1S/C17H16N2O4S/c1-19(2)24(21,22)16-5-3-4-14(12-16)17(20)23-15-8-6-13(7-9-15)10-11-18/h3-9,12H,10H2,1-2H3. The average Bonchev–Trinajstić information content (AvgIpc) is 2.57. The Morgan fingerprint density at radius 1 is 1.17 bits per heavy atom. The third-order valence-corrected chi connectivity index (χ3v) is 5.08. The van der Waals surface area contributed by atoms with Crippen molar-refractivity contribution < 1.29 is 17.9 Å². The third-order valence-electron chi connectivity index (χ3n) is 3.27. The average molecular weight is 344 g/mol. The van der Waals surface area contributed by atoms with Gasteiger partial charge in [-0.05, 0) is 35.9 Å². The van der Waals surface area contributed by atoms with Crippen LogP contribution in [-0.4, -0.2) is 32.8 Å². The molecule has 0 saturated carbocycles. The van der Waals surface area contributed by atoms with E-state index in [4.69, 9.17) is 10.00 Å². The van der Waals surface area contributed by atoms with Crippen LogP contribution in [0.25, 0.3) is 0 Å². The molecule has 6 nitrogen and oxygen atoms in total. The van der Waals surface area contributed by atoms with Gasteiger partial charge in [0.2, 0.25) is 10.0 Å². The van der Waals surface area contributed by atoms with E-state index in [1.807, 2.05) is 6.07 Å². The summed E-state index contributed by atoms with van der Waals surface area (Å²) < 4.78 is 30.5. The summed E-state index contributed by atoms with van der Waals surface area (Å²) in [6.45, 7) is 0. The first-order valence-corrected chi connectivity index (χ1v) is 8.49. The highest BCUT2D eigenvalue weighted by atomic mass is 32.2. The van der Waals surface area contributed by atoms with Gasteiger partial charge in [-0.1, -0.05) is 18.2 Å².